The summed E-state index contributed by atoms with van der Waals surface area (Å²) in [5.41, 5.74) is 1.16. The number of hydrogen-bond acceptors (Lipinski definition) is 4. The monoisotopic (exact) mass is 504 g/mol. The van der Waals surface area contributed by atoms with Gasteiger partial charge in [0.05, 0.1) is 14.2 Å². The Kier molecular flexibility index (Phi) is 11.0. The highest BCUT2D eigenvalue weighted by Crippen LogP contribution is 2.27. The summed E-state index contributed by atoms with van der Waals surface area (Å²) in [7, 11) is 5.26. The quantitative estimate of drug-likeness (QED) is 0.335. The van der Waals surface area contributed by atoms with Crippen LogP contribution in [0, 0.1) is 0 Å². The average molecular weight is 504 g/mol. The van der Waals surface area contributed by atoms with Gasteiger partial charge in [0.15, 0.2) is 17.5 Å². The molecule has 0 radical (unpaired) electrons. The van der Waals surface area contributed by atoms with Crippen LogP contribution in [0.25, 0.3) is 0 Å². The number of hydrogen-bond donors (Lipinski definition) is 1. The predicted octanol–water partition coefficient (Wildman–Crippen LogP) is 2.38. The maximum absolute atomic E-state index is 12.2. The van der Waals surface area contributed by atoms with Crippen LogP contribution in [-0.2, 0) is 11.2 Å². The van der Waals surface area contributed by atoms with Crippen LogP contribution in [0.5, 0.6) is 11.5 Å². The lowest BCUT2D eigenvalue weighted by atomic mass is 10.1. The highest BCUT2D eigenvalue weighted by molar-refractivity contribution is 14.0. The lowest BCUT2D eigenvalue weighted by Gasteiger charge is -2.22. The lowest BCUT2D eigenvalue weighted by Crippen LogP contribution is -2.41. The number of likely N-dealkylation sites (tertiary alicyclic amines) is 1. The van der Waals surface area contributed by atoms with E-state index in [1.807, 2.05) is 37.1 Å². The molecule has 1 aliphatic rings. The van der Waals surface area contributed by atoms with Crippen LogP contribution in [0.1, 0.15) is 25.3 Å². The topological polar surface area (TPSA) is 66.4 Å². The molecule has 8 heteroatoms. The maximum Gasteiger partial charge on any atom is 0.244 e. The van der Waals surface area contributed by atoms with Gasteiger partial charge in [-0.25, -0.2) is 4.99 Å². The summed E-state index contributed by atoms with van der Waals surface area (Å²) >= 11 is 0. The lowest BCUT2D eigenvalue weighted by molar-refractivity contribution is -0.128. The first-order valence-corrected chi connectivity index (χ1v) is 9.57. The number of methoxy groups -OCH3 is 2. The normalized spacial score (nSPS) is 13.7. The second kappa shape index (κ2) is 12.7. The molecule has 1 aliphatic heterocycles. The number of halogens is 1. The fraction of sp³-hybridized carbons (Fsp3) is 0.600. The van der Waals surface area contributed by atoms with Crippen LogP contribution in [0.15, 0.2) is 23.2 Å². The van der Waals surface area contributed by atoms with Crippen molar-refractivity contribution in [3.63, 3.8) is 0 Å². The molecule has 0 unspecified atom stereocenters. The molecule has 0 atom stereocenters. The van der Waals surface area contributed by atoms with E-state index in [4.69, 9.17) is 9.47 Å². The summed E-state index contributed by atoms with van der Waals surface area (Å²) in [4.78, 5) is 20.7. The van der Waals surface area contributed by atoms with E-state index >= 15 is 0 Å². The van der Waals surface area contributed by atoms with E-state index in [1.54, 1.807) is 14.2 Å². The Morgan fingerprint density at radius 2 is 1.89 bits per heavy atom. The number of ether oxygens (including phenoxy) is 2. The molecule has 1 saturated heterocycles. The molecule has 1 aromatic rings. The number of likely N-dealkylation sites (N-methyl/N-ethyl adjacent to an activating group) is 1. The van der Waals surface area contributed by atoms with Crippen molar-refractivity contribution in [3.8, 4) is 11.5 Å². The third kappa shape index (κ3) is 7.03. The standard InChI is InChI=1S/C20H32N4O3.HI/c1-5-21-20(22-15-19(25)24-11-6-7-12-24)23(2)13-10-16-8-9-17(26-3)18(14-16)27-4;/h8-9,14H,5-7,10-13,15H2,1-4H3,(H,21,22);1H. The Morgan fingerprint density at radius 3 is 2.50 bits per heavy atom. The number of carbonyl (C=O) groups excluding carboxylic acids is 1. The first kappa shape index (κ1) is 24.3. The molecule has 1 aromatic carbocycles. The van der Waals surface area contributed by atoms with Crippen LogP contribution in [-0.4, -0.2) is 75.7 Å². The summed E-state index contributed by atoms with van der Waals surface area (Å²) in [5, 5.41) is 3.27. The number of nitrogens with zero attached hydrogens (tertiary/aromatic N) is 3. The van der Waals surface area contributed by atoms with Crippen LogP contribution >= 0.6 is 24.0 Å². The second-order valence-corrected chi connectivity index (χ2v) is 6.62. The Balaban J connectivity index is 0.00000392. The van der Waals surface area contributed by atoms with E-state index in [0.29, 0.717) is 0 Å². The van der Waals surface area contributed by atoms with Gasteiger partial charge in [-0.3, -0.25) is 4.79 Å². The van der Waals surface area contributed by atoms with Gasteiger partial charge >= 0.3 is 0 Å². The van der Waals surface area contributed by atoms with Gasteiger partial charge in [-0.2, -0.15) is 0 Å². The first-order chi connectivity index (χ1) is 13.1. The van der Waals surface area contributed by atoms with E-state index in [1.165, 1.54) is 0 Å². The summed E-state index contributed by atoms with van der Waals surface area (Å²) < 4.78 is 10.6. The van der Waals surface area contributed by atoms with Crippen molar-refractivity contribution in [2.24, 2.45) is 4.99 Å². The van der Waals surface area contributed by atoms with Gasteiger partial charge in [-0.15, -0.1) is 24.0 Å². The van der Waals surface area contributed by atoms with Gasteiger partial charge in [0.2, 0.25) is 5.91 Å². The van der Waals surface area contributed by atoms with Gasteiger partial charge < -0.3 is 24.6 Å². The van der Waals surface area contributed by atoms with Crippen molar-refractivity contribution >= 4 is 35.8 Å². The zero-order chi connectivity index (χ0) is 19.6. The van der Waals surface area contributed by atoms with E-state index in [2.05, 4.69) is 15.2 Å². The Bertz CT molecular complexity index is 648. The average Bonchev–Trinajstić information content (AvgIpc) is 3.23. The minimum Gasteiger partial charge on any atom is -0.493 e. The number of aliphatic imine (C=N–C) groups is 1. The zero-order valence-electron chi connectivity index (χ0n) is 17.4. The first-order valence-electron chi connectivity index (χ1n) is 9.57. The molecule has 0 saturated carbocycles. The number of carbonyl (C=O) groups is 1. The summed E-state index contributed by atoms with van der Waals surface area (Å²) in [6.45, 7) is 5.49. The van der Waals surface area contributed by atoms with Gasteiger partial charge in [-0.1, -0.05) is 6.07 Å². The van der Waals surface area contributed by atoms with Gasteiger partial charge in [0.25, 0.3) is 0 Å². The molecule has 1 amide bonds. The molecule has 2 rings (SSSR count). The van der Waals surface area contributed by atoms with E-state index in [0.717, 1.165) is 68.5 Å². The number of benzene rings is 1. The van der Waals surface area contributed by atoms with Crippen molar-refractivity contribution in [1.29, 1.82) is 0 Å². The molecule has 0 aliphatic carbocycles. The number of rotatable bonds is 8. The smallest absolute Gasteiger partial charge is 0.244 e. The van der Waals surface area contributed by atoms with Gasteiger partial charge in [0.1, 0.15) is 6.54 Å². The molecular formula is C20H33IN4O3. The van der Waals surface area contributed by atoms with Crippen LogP contribution < -0.4 is 14.8 Å². The Labute approximate surface area is 185 Å². The molecule has 0 spiro atoms. The molecule has 1 fully saturated rings. The van der Waals surface area contributed by atoms with Crippen molar-refractivity contribution in [2.75, 3.05) is 54.0 Å². The molecule has 7 nitrogen and oxygen atoms in total. The third-order valence-corrected chi connectivity index (χ3v) is 4.70. The molecular weight excluding hydrogens is 471 g/mol. The Morgan fingerprint density at radius 1 is 1.21 bits per heavy atom. The molecule has 0 aromatic heterocycles. The third-order valence-electron chi connectivity index (χ3n) is 4.70. The summed E-state index contributed by atoms with van der Waals surface area (Å²) in [5.74, 6) is 2.32. The highest BCUT2D eigenvalue weighted by atomic mass is 127. The number of guanidine groups is 1. The van der Waals surface area contributed by atoms with Crippen molar-refractivity contribution < 1.29 is 14.3 Å². The fourth-order valence-electron chi connectivity index (χ4n) is 3.12. The molecule has 0 bridgehead atoms. The van der Waals surface area contributed by atoms with E-state index in [-0.39, 0.29) is 36.4 Å². The van der Waals surface area contributed by atoms with Gasteiger partial charge in [0, 0.05) is 33.2 Å². The second-order valence-electron chi connectivity index (χ2n) is 6.62. The minimum absolute atomic E-state index is 0. The predicted molar refractivity (Wildman–Crippen MR) is 123 cm³/mol. The van der Waals surface area contributed by atoms with Crippen molar-refractivity contribution in [2.45, 2.75) is 26.2 Å². The minimum atomic E-state index is 0. The molecule has 1 heterocycles. The maximum atomic E-state index is 12.2. The number of nitrogens with one attached hydrogen (secondary N) is 1. The molecule has 28 heavy (non-hydrogen) atoms. The van der Waals surface area contributed by atoms with Crippen LogP contribution in [0.2, 0.25) is 0 Å². The molecule has 1 N–H and O–H groups in total. The fourth-order valence-corrected chi connectivity index (χ4v) is 3.12. The largest absolute Gasteiger partial charge is 0.493 e. The van der Waals surface area contributed by atoms with E-state index in [9.17, 15) is 4.79 Å². The number of amides is 1. The van der Waals surface area contributed by atoms with Crippen LogP contribution in [0.3, 0.4) is 0 Å². The van der Waals surface area contributed by atoms with Crippen molar-refractivity contribution in [1.82, 2.24) is 15.1 Å². The zero-order valence-corrected chi connectivity index (χ0v) is 19.7. The summed E-state index contributed by atoms with van der Waals surface area (Å²) in [6, 6.07) is 5.95. The highest BCUT2D eigenvalue weighted by Gasteiger charge is 2.17. The SMILES string of the molecule is CCNC(=NCC(=O)N1CCCC1)N(C)CCc1ccc(OC)c(OC)c1.I. The summed E-state index contributed by atoms with van der Waals surface area (Å²) in [6.07, 6.45) is 3.03. The van der Waals surface area contributed by atoms with Crippen LogP contribution in [0.4, 0.5) is 0 Å². The molecule has 158 valence electrons. The van der Waals surface area contributed by atoms with E-state index < -0.39 is 0 Å². The van der Waals surface area contributed by atoms with Gasteiger partial charge in [-0.05, 0) is 43.9 Å². The Hall–Kier alpha value is -1.71. The van der Waals surface area contributed by atoms with Crippen molar-refractivity contribution in [3.05, 3.63) is 23.8 Å².